The Morgan fingerprint density at radius 1 is 0.600 bits per heavy atom. The molecule has 0 fully saturated rings. The maximum atomic E-state index is 2.30. The van der Waals surface area contributed by atoms with Gasteiger partial charge in [-0.25, -0.2) is 0 Å². The fraction of sp³-hybridized carbons (Fsp3) is 0. The standard InChI is InChI=1S/C16H10S4/c1-4-12(17-7-1)11-10-20-16(14-6-3-9-19-14)15(11)13-5-2-8-18-13/h1-10H. The maximum absolute atomic E-state index is 2.30. The number of hydrogen-bond donors (Lipinski definition) is 0. The van der Waals surface area contributed by atoms with Crippen molar-refractivity contribution in [3.05, 3.63) is 57.9 Å². The molecule has 4 heterocycles. The second-order valence-electron chi connectivity index (χ2n) is 4.29. The zero-order valence-corrected chi connectivity index (χ0v) is 13.7. The first-order valence-corrected chi connectivity index (χ1v) is 9.68. The smallest absolute Gasteiger partial charge is 0.0535 e. The van der Waals surface area contributed by atoms with Crippen molar-refractivity contribution >= 4 is 45.3 Å². The van der Waals surface area contributed by atoms with Gasteiger partial charge in [-0.2, -0.15) is 0 Å². The van der Waals surface area contributed by atoms with Gasteiger partial charge in [-0.15, -0.1) is 45.3 Å². The summed E-state index contributed by atoms with van der Waals surface area (Å²) in [5.74, 6) is 0. The molecule has 4 heteroatoms. The lowest BCUT2D eigenvalue weighted by molar-refractivity contribution is 1.83. The van der Waals surface area contributed by atoms with Crippen LogP contribution in [0, 0.1) is 0 Å². The topological polar surface area (TPSA) is 0 Å². The summed E-state index contributed by atoms with van der Waals surface area (Å²) < 4.78 is 0. The largest absolute Gasteiger partial charge is 0.144 e. The Morgan fingerprint density at radius 3 is 1.80 bits per heavy atom. The van der Waals surface area contributed by atoms with Gasteiger partial charge in [-0.05, 0) is 34.3 Å². The van der Waals surface area contributed by atoms with Crippen LogP contribution in [0.15, 0.2) is 57.9 Å². The van der Waals surface area contributed by atoms with E-state index in [4.69, 9.17) is 0 Å². The zero-order chi connectivity index (χ0) is 13.4. The van der Waals surface area contributed by atoms with Gasteiger partial charge in [0.25, 0.3) is 0 Å². The minimum atomic E-state index is 1.35. The molecule has 20 heavy (non-hydrogen) atoms. The van der Waals surface area contributed by atoms with Crippen LogP contribution >= 0.6 is 45.3 Å². The minimum Gasteiger partial charge on any atom is -0.144 e. The third-order valence-electron chi connectivity index (χ3n) is 3.09. The highest BCUT2D eigenvalue weighted by Crippen LogP contribution is 2.48. The summed E-state index contributed by atoms with van der Waals surface area (Å²) in [6.07, 6.45) is 0. The van der Waals surface area contributed by atoms with E-state index in [0.29, 0.717) is 0 Å². The lowest BCUT2D eigenvalue weighted by Crippen LogP contribution is -1.76. The van der Waals surface area contributed by atoms with E-state index in [1.54, 1.807) is 0 Å². The second kappa shape index (κ2) is 5.30. The highest BCUT2D eigenvalue weighted by atomic mass is 32.1. The van der Waals surface area contributed by atoms with Crippen molar-refractivity contribution in [3.63, 3.8) is 0 Å². The zero-order valence-electron chi connectivity index (χ0n) is 10.4. The van der Waals surface area contributed by atoms with Gasteiger partial charge in [0.15, 0.2) is 0 Å². The van der Waals surface area contributed by atoms with Gasteiger partial charge in [-0.3, -0.25) is 0 Å². The van der Waals surface area contributed by atoms with Crippen molar-refractivity contribution < 1.29 is 0 Å². The van der Waals surface area contributed by atoms with E-state index in [-0.39, 0.29) is 0 Å². The van der Waals surface area contributed by atoms with E-state index < -0.39 is 0 Å². The van der Waals surface area contributed by atoms with Crippen LogP contribution in [-0.4, -0.2) is 0 Å². The molecule has 0 bridgehead atoms. The predicted octanol–water partition coefficient (Wildman–Crippen LogP) is 6.93. The molecule has 0 atom stereocenters. The lowest BCUT2D eigenvalue weighted by atomic mass is 10.1. The summed E-state index contributed by atoms with van der Waals surface area (Å²) in [5.41, 5.74) is 2.77. The summed E-state index contributed by atoms with van der Waals surface area (Å²) in [7, 11) is 0. The van der Waals surface area contributed by atoms with Crippen LogP contribution in [0.2, 0.25) is 0 Å². The maximum Gasteiger partial charge on any atom is 0.0535 e. The van der Waals surface area contributed by atoms with Crippen LogP contribution in [0.25, 0.3) is 30.6 Å². The molecule has 0 amide bonds. The van der Waals surface area contributed by atoms with Crippen LogP contribution in [-0.2, 0) is 0 Å². The number of rotatable bonds is 3. The molecule has 0 unspecified atom stereocenters. The normalized spacial score (nSPS) is 11.0. The van der Waals surface area contributed by atoms with E-state index in [9.17, 15) is 0 Å². The molecular weight excluding hydrogens is 320 g/mol. The van der Waals surface area contributed by atoms with Gasteiger partial charge < -0.3 is 0 Å². The average molecular weight is 331 g/mol. The fourth-order valence-electron chi connectivity index (χ4n) is 2.23. The molecule has 0 radical (unpaired) electrons. The van der Waals surface area contributed by atoms with Crippen LogP contribution in [0.3, 0.4) is 0 Å². The number of thiophene rings is 4. The molecule has 0 saturated heterocycles. The summed E-state index contributed by atoms with van der Waals surface area (Å²) in [6.45, 7) is 0. The molecule has 4 aromatic rings. The Labute approximate surface area is 133 Å². The predicted molar refractivity (Wildman–Crippen MR) is 94.3 cm³/mol. The molecule has 0 aliphatic carbocycles. The lowest BCUT2D eigenvalue weighted by Gasteiger charge is -2.03. The van der Waals surface area contributed by atoms with E-state index in [1.807, 2.05) is 45.3 Å². The van der Waals surface area contributed by atoms with Gasteiger partial charge >= 0.3 is 0 Å². The molecule has 4 aromatic heterocycles. The fourth-order valence-corrected chi connectivity index (χ4v) is 5.87. The van der Waals surface area contributed by atoms with Gasteiger partial charge in [-0.1, -0.05) is 18.2 Å². The molecule has 98 valence electrons. The molecule has 0 spiro atoms. The first-order valence-electron chi connectivity index (χ1n) is 6.16. The Bertz CT molecular complexity index is 735. The summed E-state index contributed by atoms with van der Waals surface area (Å²) in [5, 5.41) is 8.76. The van der Waals surface area contributed by atoms with Crippen molar-refractivity contribution in [2.75, 3.05) is 0 Å². The van der Waals surface area contributed by atoms with Crippen molar-refractivity contribution in [3.8, 4) is 30.6 Å². The molecule has 0 aliphatic heterocycles. The first-order chi connectivity index (χ1) is 9.93. The third-order valence-corrected chi connectivity index (χ3v) is 6.91. The minimum absolute atomic E-state index is 1.35. The molecule has 0 aromatic carbocycles. The van der Waals surface area contributed by atoms with Gasteiger partial charge in [0, 0.05) is 31.1 Å². The van der Waals surface area contributed by atoms with Crippen LogP contribution < -0.4 is 0 Å². The Hall–Kier alpha value is -1.20. The molecule has 4 rings (SSSR count). The monoisotopic (exact) mass is 330 g/mol. The summed E-state index contributed by atoms with van der Waals surface area (Å²) >= 11 is 7.30. The summed E-state index contributed by atoms with van der Waals surface area (Å²) in [4.78, 5) is 5.47. The van der Waals surface area contributed by atoms with Crippen molar-refractivity contribution in [1.82, 2.24) is 0 Å². The van der Waals surface area contributed by atoms with Crippen molar-refractivity contribution in [2.24, 2.45) is 0 Å². The SMILES string of the molecule is c1csc(-c2csc(-c3cccs3)c2-c2cccs2)c1. The molecule has 0 N–H and O–H groups in total. The molecular formula is C16H10S4. The Kier molecular flexibility index (Phi) is 3.32. The van der Waals surface area contributed by atoms with Crippen LogP contribution in [0.4, 0.5) is 0 Å². The average Bonchev–Trinajstić information content (AvgIpc) is 3.23. The molecule has 0 saturated carbocycles. The quantitative estimate of drug-likeness (QED) is 0.382. The number of hydrogen-bond acceptors (Lipinski definition) is 4. The van der Waals surface area contributed by atoms with Gasteiger partial charge in [0.2, 0.25) is 0 Å². The van der Waals surface area contributed by atoms with Crippen molar-refractivity contribution in [2.45, 2.75) is 0 Å². The highest BCUT2D eigenvalue weighted by Gasteiger charge is 2.18. The van der Waals surface area contributed by atoms with E-state index >= 15 is 0 Å². The van der Waals surface area contributed by atoms with Gasteiger partial charge in [0.1, 0.15) is 0 Å². The van der Waals surface area contributed by atoms with E-state index in [0.717, 1.165) is 0 Å². The third kappa shape index (κ3) is 2.09. The second-order valence-corrected chi connectivity index (χ2v) is 8.01. The molecule has 0 aliphatic rings. The van der Waals surface area contributed by atoms with Gasteiger partial charge in [0.05, 0.1) is 4.88 Å². The van der Waals surface area contributed by atoms with Crippen LogP contribution in [0.1, 0.15) is 0 Å². The van der Waals surface area contributed by atoms with E-state index in [1.165, 1.54) is 30.6 Å². The first kappa shape index (κ1) is 12.5. The van der Waals surface area contributed by atoms with Crippen LogP contribution in [0.5, 0.6) is 0 Å². The Balaban J connectivity index is 1.98. The van der Waals surface area contributed by atoms with E-state index in [2.05, 4.69) is 57.9 Å². The summed E-state index contributed by atoms with van der Waals surface area (Å²) in [6, 6.07) is 13.0. The Morgan fingerprint density at radius 2 is 1.20 bits per heavy atom. The highest BCUT2D eigenvalue weighted by molar-refractivity contribution is 7.22. The molecule has 0 nitrogen and oxygen atoms in total. The van der Waals surface area contributed by atoms with Crippen molar-refractivity contribution in [1.29, 1.82) is 0 Å².